The fourth-order valence-electron chi connectivity index (χ4n) is 3.44. The first kappa shape index (κ1) is 23.2. The monoisotopic (exact) mass is 501 g/mol. The largest absolute Gasteiger partial charge is 0.354 e. The summed E-state index contributed by atoms with van der Waals surface area (Å²) in [5.74, 6) is 1.07. The molecule has 2 aromatic carbocycles. The lowest BCUT2D eigenvalue weighted by Gasteiger charge is -2.35. The van der Waals surface area contributed by atoms with Gasteiger partial charge in [-0.15, -0.1) is 24.8 Å². The highest BCUT2D eigenvalue weighted by atomic mass is 79.9. The van der Waals surface area contributed by atoms with Gasteiger partial charge in [-0.1, -0.05) is 45.7 Å². The highest BCUT2D eigenvalue weighted by Crippen LogP contribution is 2.32. The summed E-state index contributed by atoms with van der Waals surface area (Å²) in [7, 11) is 2.18. The number of hydrogen-bond acceptors (Lipinski definition) is 3. The summed E-state index contributed by atoms with van der Waals surface area (Å²) in [5, 5.41) is 0.758. The van der Waals surface area contributed by atoms with Gasteiger partial charge in [0.2, 0.25) is 0 Å². The third-order valence-corrected chi connectivity index (χ3v) is 5.74. The van der Waals surface area contributed by atoms with Gasteiger partial charge in [0.05, 0.1) is 5.69 Å². The van der Waals surface area contributed by atoms with E-state index in [1.165, 1.54) is 16.7 Å². The maximum Gasteiger partial charge on any atom is 0.136 e. The number of likely N-dealkylation sites (N-methyl/N-ethyl adjacent to an activating group) is 1. The zero-order valence-electron chi connectivity index (χ0n) is 15.6. The Morgan fingerprint density at radius 2 is 1.64 bits per heavy atom. The van der Waals surface area contributed by atoms with E-state index in [2.05, 4.69) is 69.2 Å². The van der Waals surface area contributed by atoms with Gasteiger partial charge in [-0.25, -0.2) is 4.99 Å². The Morgan fingerprint density at radius 3 is 2.32 bits per heavy atom. The maximum atomic E-state index is 6.10. The minimum absolute atomic E-state index is 0. The first-order valence-corrected chi connectivity index (χ1v) is 10.0. The second-order valence-corrected chi connectivity index (χ2v) is 8.18. The number of allylic oxidation sites excluding steroid dienone is 1. The fraction of sp³-hybridized carbons (Fsp3) is 0.286. The van der Waals surface area contributed by atoms with Crippen LogP contribution in [0.15, 0.2) is 58.0 Å². The summed E-state index contributed by atoms with van der Waals surface area (Å²) in [6.07, 6.45) is 3.17. The zero-order chi connectivity index (χ0) is 18.1. The van der Waals surface area contributed by atoms with Crippen molar-refractivity contribution in [3.05, 3.63) is 69.2 Å². The van der Waals surface area contributed by atoms with E-state index in [9.17, 15) is 0 Å². The fourth-order valence-corrected chi connectivity index (χ4v) is 3.97. The summed E-state index contributed by atoms with van der Waals surface area (Å²) in [4.78, 5) is 9.89. The first-order valence-electron chi connectivity index (χ1n) is 8.87. The van der Waals surface area contributed by atoms with Crippen LogP contribution in [0.25, 0.3) is 5.57 Å². The molecule has 0 bridgehead atoms. The quantitative estimate of drug-likeness (QED) is 0.485. The molecular weight excluding hydrogens is 481 g/mol. The molecule has 0 aromatic heterocycles. The predicted octanol–water partition coefficient (Wildman–Crippen LogP) is 5.86. The van der Waals surface area contributed by atoms with Crippen molar-refractivity contribution in [2.45, 2.75) is 6.42 Å². The summed E-state index contributed by atoms with van der Waals surface area (Å²) in [6, 6.07) is 14.4. The normalized spacial score (nSPS) is 16.8. The van der Waals surface area contributed by atoms with Crippen molar-refractivity contribution in [1.29, 1.82) is 0 Å². The molecule has 1 saturated heterocycles. The minimum atomic E-state index is 0. The van der Waals surface area contributed by atoms with Crippen molar-refractivity contribution in [2.24, 2.45) is 4.99 Å². The number of hydrogen-bond donors (Lipinski definition) is 0. The molecule has 2 heterocycles. The number of aliphatic imine (C=N–C) groups is 1. The molecule has 28 heavy (non-hydrogen) atoms. The van der Waals surface area contributed by atoms with Crippen molar-refractivity contribution in [3.8, 4) is 0 Å². The lowest BCUT2D eigenvalue weighted by atomic mass is 10.0. The van der Waals surface area contributed by atoms with Crippen LogP contribution < -0.4 is 0 Å². The molecule has 2 aliphatic heterocycles. The number of benzene rings is 2. The number of halogens is 4. The van der Waals surface area contributed by atoms with Gasteiger partial charge in [0.15, 0.2) is 0 Å². The van der Waals surface area contributed by atoms with Crippen molar-refractivity contribution < 1.29 is 0 Å². The van der Waals surface area contributed by atoms with E-state index in [-0.39, 0.29) is 24.8 Å². The molecule has 0 aliphatic carbocycles. The van der Waals surface area contributed by atoms with Crippen LogP contribution in [0.3, 0.4) is 0 Å². The third-order valence-electron chi connectivity index (χ3n) is 4.99. The third kappa shape index (κ3) is 5.11. The average molecular weight is 504 g/mol. The van der Waals surface area contributed by atoms with Crippen molar-refractivity contribution >= 4 is 69.4 Å². The molecule has 7 heteroatoms. The van der Waals surface area contributed by atoms with E-state index >= 15 is 0 Å². The zero-order valence-corrected chi connectivity index (χ0v) is 19.5. The topological polar surface area (TPSA) is 18.8 Å². The molecule has 0 unspecified atom stereocenters. The molecule has 0 N–H and O–H groups in total. The molecular formula is C21H23BrCl3N3. The molecule has 4 rings (SSSR count). The summed E-state index contributed by atoms with van der Waals surface area (Å²) in [5.41, 5.74) is 4.66. The van der Waals surface area contributed by atoms with Crippen LogP contribution in [0.4, 0.5) is 5.69 Å². The Hall–Kier alpha value is -1.04. The lowest BCUT2D eigenvalue weighted by Crippen LogP contribution is -2.47. The molecule has 0 saturated carbocycles. The summed E-state index contributed by atoms with van der Waals surface area (Å²) < 4.78 is 1.09. The van der Waals surface area contributed by atoms with Crippen molar-refractivity contribution in [1.82, 2.24) is 9.80 Å². The smallest absolute Gasteiger partial charge is 0.136 e. The number of piperazine rings is 1. The minimum Gasteiger partial charge on any atom is -0.354 e. The van der Waals surface area contributed by atoms with Gasteiger partial charge in [0.25, 0.3) is 0 Å². The molecule has 0 atom stereocenters. The van der Waals surface area contributed by atoms with Crippen LogP contribution >= 0.6 is 52.3 Å². The van der Waals surface area contributed by atoms with Gasteiger partial charge in [0.1, 0.15) is 5.84 Å². The van der Waals surface area contributed by atoms with Crippen LogP contribution in [0.1, 0.15) is 11.1 Å². The van der Waals surface area contributed by atoms with Gasteiger partial charge in [0, 0.05) is 41.2 Å². The Morgan fingerprint density at radius 1 is 0.964 bits per heavy atom. The van der Waals surface area contributed by atoms with E-state index in [1.54, 1.807) is 0 Å². The Labute approximate surface area is 192 Å². The van der Waals surface area contributed by atoms with Crippen LogP contribution in [0.5, 0.6) is 0 Å². The molecule has 1 fully saturated rings. The number of fused-ring (bicyclic) bond motifs is 1. The molecule has 0 radical (unpaired) electrons. The Bertz CT molecular complexity index is 873. The van der Waals surface area contributed by atoms with Gasteiger partial charge < -0.3 is 9.80 Å². The van der Waals surface area contributed by atoms with E-state index < -0.39 is 0 Å². The molecule has 150 valence electrons. The van der Waals surface area contributed by atoms with Crippen LogP contribution in [-0.4, -0.2) is 48.9 Å². The van der Waals surface area contributed by atoms with Crippen LogP contribution in [0.2, 0.25) is 5.02 Å². The molecule has 2 aliphatic rings. The van der Waals surface area contributed by atoms with E-state index in [4.69, 9.17) is 16.6 Å². The molecule has 3 nitrogen and oxygen atoms in total. The van der Waals surface area contributed by atoms with Crippen LogP contribution in [0, 0.1) is 0 Å². The molecule has 2 aromatic rings. The maximum absolute atomic E-state index is 6.10. The average Bonchev–Trinajstić information content (AvgIpc) is 2.82. The second kappa shape index (κ2) is 10.1. The summed E-state index contributed by atoms with van der Waals surface area (Å²) in [6.45, 7) is 4.10. The standard InChI is InChI=1S/C21H21BrClN3.2ClH/c1-25-10-12-26(13-11-25)21-19(15-2-6-18(23)7-3-15)8-4-16-14-17(22)5-9-20(16)24-21;;/h2-3,5-9,14H,4,10-13H2,1H3;2*1H. The molecule has 0 spiro atoms. The highest BCUT2D eigenvalue weighted by Gasteiger charge is 2.23. The van der Waals surface area contributed by atoms with E-state index in [1.807, 2.05) is 12.1 Å². The van der Waals surface area contributed by atoms with Gasteiger partial charge >= 0.3 is 0 Å². The number of amidine groups is 1. The molecule has 0 amide bonds. The first-order chi connectivity index (χ1) is 12.6. The number of rotatable bonds is 1. The van der Waals surface area contributed by atoms with Gasteiger partial charge in [-0.2, -0.15) is 0 Å². The second-order valence-electron chi connectivity index (χ2n) is 6.83. The van der Waals surface area contributed by atoms with Crippen molar-refractivity contribution in [3.63, 3.8) is 0 Å². The Kier molecular flexibility index (Phi) is 8.41. The summed E-state index contributed by atoms with van der Waals surface area (Å²) >= 11 is 9.69. The van der Waals surface area contributed by atoms with Crippen molar-refractivity contribution in [2.75, 3.05) is 33.2 Å². The number of nitrogens with zero attached hydrogens (tertiary/aromatic N) is 3. The van der Waals surface area contributed by atoms with E-state index in [0.717, 1.165) is 53.6 Å². The van der Waals surface area contributed by atoms with E-state index in [0.29, 0.717) is 0 Å². The highest BCUT2D eigenvalue weighted by molar-refractivity contribution is 9.10. The Balaban J connectivity index is 0.00000140. The lowest BCUT2D eigenvalue weighted by molar-refractivity contribution is 0.216. The van der Waals surface area contributed by atoms with Gasteiger partial charge in [-0.05, 0) is 54.9 Å². The van der Waals surface area contributed by atoms with Crippen LogP contribution in [-0.2, 0) is 6.42 Å². The SMILES string of the molecule is CN1CCN(C2=Nc3ccc(Br)cc3CC=C2c2ccc(Cl)cc2)CC1.Cl.Cl. The van der Waals surface area contributed by atoms with Gasteiger partial charge in [-0.3, -0.25) is 0 Å². The predicted molar refractivity (Wildman–Crippen MR) is 128 cm³/mol.